The van der Waals surface area contributed by atoms with Crippen LogP contribution in [0.5, 0.6) is 0 Å². The van der Waals surface area contributed by atoms with E-state index >= 15 is 0 Å². The molecule has 4 rings (SSSR count). The first-order chi connectivity index (χ1) is 15.4. The molecule has 160 valence electrons. The van der Waals surface area contributed by atoms with E-state index in [1.54, 1.807) is 53.5 Å². The molecule has 0 aliphatic carbocycles. The maximum atomic E-state index is 13.3. The minimum Gasteiger partial charge on any atom is -0.330 e. The monoisotopic (exact) mass is 429 g/mol. The van der Waals surface area contributed by atoms with Gasteiger partial charge >= 0.3 is 0 Å². The maximum absolute atomic E-state index is 13.3. The Morgan fingerprint density at radius 3 is 1.62 bits per heavy atom. The van der Waals surface area contributed by atoms with Gasteiger partial charge < -0.3 is 4.90 Å². The molecule has 0 bridgehead atoms. The highest BCUT2D eigenvalue weighted by molar-refractivity contribution is 6.15. The number of amides is 1. The number of Topliss-reactive ketones (excluding diaryl/α,β-unsaturated/α-hetero) is 1. The smallest absolute Gasteiger partial charge is 0.254 e. The van der Waals surface area contributed by atoms with Gasteiger partial charge in [0.15, 0.2) is 5.78 Å². The summed E-state index contributed by atoms with van der Waals surface area (Å²) >= 11 is 0. The van der Waals surface area contributed by atoms with Crippen LogP contribution < -0.4 is 0 Å². The van der Waals surface area contributed by atoms with E-state index in [4.69, 9.17) is 0 Å². The topological polar surface area (TPSA) is 37.4 Å². The van der Waals surface area contributed by atoms with Crippen molar-refractivity contribution in [1.29, 1.82) is 0 Å². The number of nitrogens with zero attached hydrogens (tertiary/aromatic N) is 1. The van der Waals surface area contributed by atoms with Crippen LogP contribution in [0.25, 0.3) is 12.2 Å². The van der Waals surface area contributed by atoms with Crippen molar-refractivity contribution in [2.24, 2.45) is 0 Å². The number of likely N-dealkylation sites (tertiary alicyclic amines) is 1. The van der Waals surface area contributed by atoms with Crippen molar-refractivity contribution in [3.05, 3.63) is 118 Å². The van der Waals surface area contributed by atoms with Crippen LogP contribution in [0.1, 0.15) is 27.0 Å². The SMILES string of the molecule is Cc1ccc(C(=O)N2C/C(=C/c3ccc(F)cc3)C(=O)/C(=C/c3ccc(F)cc3)C2)cc1. The van der Waals surface area contributed by atoms with Crippen LogP contribution >= 0.6 is 0 Å². The summed E-state index contributed by atoms with van der Waals surface area (Å²) in [5.41, 5.74) is 3.77. The van der Waals surface area contributed by atoms with Crippen molar-refractivity contribution in [2.75, 3.05) is 13.1 Å². The molecule has 0 radical (unpaired) electrons. The molecule has 1 saturated heterocycles. The average Bonchev–Trinajstić information content (AvgIpc) is 2.79. The fraction of sp³-hybridized carbons (Fsp3) is 0.111. The van der Waals surface area contributed by atoms with E-state index in [9.17, 15) is 18.4 Å². The summed E-state index contributed by atoms with van der Waals surface area (Å²) in [7, 11) is 0. The van der Waals surface area contributed by atoms with Crippen molar-refractivity contribution in [3.63, 3.8) is 0 Å². The van der Waals surface area contributed by atoms with Crippen molar-refractivity contribution in [3.8, 4) is 0 Å². The van der Waals surface area contributed by atoms with Crippen molar-refractivity contribution in [2.45, 2.75) is 6.92 Å². The first kappa shape index (κ1) is 21.4. The number of hydrogen-bond acceptors (Lipinski definition) is 2. The number of halogens is 2. The third-order valence-corrected chi connectivity index (χ3v) is 5.31. The van der Waals surface area contributed by atoms with E-state index in [0.717, 1.165) is 5.56 Å². The minimum atomic E-state index is -0.366. The Balaban J connectivity index is 1.71. The van der Waals surface area contributed by atoms with E-state index in [0.29, 0.717) is 27.8 Å². The van der Waals surface area contributed by atoms with Crippen molar-refractivity contribution >= 4 is 23.8 Å². The normalized spacial score (nSPS) is 16.6. The standard InChI is InChI=1S/C27H21F2NO2/c1-18-2-8-21(9-3-18)27(32)30-16-22(14-19-4-10-24(28)11-5-19)26(31)23(17-30)15-20-6-12-25(29)13-7-20/h2-15H,16-17H2,1H3/b22-14-,23-15+. The fourth-order valence-corrected chi connectivity index (χ4v) is 3.58. The number of piperidine rings is 1. The molecule has 0 unspecified atom stereocenters. The van der Waals surface area contributed by atoms with Crippen LogP contribution in [-0.2, 0) is 4.79 Å². The number of aryl methyl sites for hydroxylation is 1. The van der Waals surface area contributed by atoms with E-state index < -0.39 is 0 Å². The lowest BCUT2D eigenvalue weighted by atomic mass is 9.93. The van der Waals surface area contributed by atoms with E-state index in [1.165, 1.54) is 24.3 Å². The van der Waals surface area contributed by atoms with E-state index in [-0.39, 0.29) is 36.4 Å². The first-order valence-corrected chi connectivity index (χ1v) is 10.2. The predicted octanol–water partition coefficient (Wildman–Crippen LogP) is 5.47. The summed E-state index contributed by atoms with van der Waals surface area (Å²) < 4.78 is 26.6. The van der Waals surface area contributed by atoms with Gasteiger partial charge in [-0.05, 0) is 66.6 Å². The van der Waals surface area contributed by atoms with Crippen LogP contribution in [0, 0.1) is 18.6 Å². The molecule has 1 heterocycles. The Morgan fingerprint density at radius 1 is 0.750 bits per heavy atom. The molecule has 0 aromatic heterocycles. The number of carbonyl (C=O) groups is 2. The molecule has 3 aromatic carbocycles. The van der Waals surface area contributed by atoms with Crippen molar-refractivity contribution < 1.29 is 18.4 Å². The predicted molar refractivity (Wildman–Crippen MR) is 121 cm³/mol. The summed E-state index contributed by atoms with van der Waals surface area (Å²) in [4.78, 5) is 28.0. The lowest BCUT2D eigenvalue weighted by Gasteiger charge is -2.30. The third kappa shape index (κ3) is 4.89. The number of hydrogen-bond donors (Lipinski definition) is 0. The molecule has 1 amide bonds. The summed E-state index contributed by atoms with van der Waals surface area (Å²) in [5.74, 6) is -1.11. The molecule has 0 saturated carbocycles. The zero-order valence-corrected chi connectivity index (χ0v) is 17.5. The highest BCUT2D eigenvalue weighted by Gasteiger charge is 2.29. The Labute approximate surface area is 185 Å². The minimum absolute atomic E-state index is 0.143. The van der Waals surface area contributed by atoms with Gasteiger partial charge in [0.1, 0.15) is 11.6 Å². The molecule has 1 fully saturated rings. The van der Waals surface area contributed by atoms with Gasteiger partial charge in [-0.3, -0.25) is 9.59 Å². The molecule has 1 aliphatic heterocycles. The summed E-state index contributed by atoms with van der Waals surface area (Å²) in [5, 5.41) is 0. The van der Waals surface area contributed by atoms with Gasteiger partial charge in [0, 0.05) is 16.7 Å². The second-order valence-corrected chi connectivity index (χ2v) is 7.80. The molecular weight excluding hydrogens is 408 g/mol. The highest BCUT2D eigenvalue weighted by Crippen LogP contribution is 2.24. The lowest BCUT2D eigenvalue weighted by molar-refractivity contribution is -0.113. The molecule has 3 nitrogen and oxygen atoms in total. The van der Waals surface area contributed by atoms with Crippen LogP contribution in [-0.4, -0.2) is 29.7 Å². The zero-order valence-electron chi connectivity index (χ0n) is 17.5. The average molecular weight is 429 g/mol. The summed E-state index contributed by atoms with van der Waals surface area (Å²) in [6, 6.07) is 18.9. The second kappa shape index (κ2) is 9.10. The molecule has 32 heavy (non-hydrogen) atoms. The van der Waals surface area contributed by atoms with Gasteiger partial charge in [-0.1, -0.05) is 42.0 Å². The molecule has 5 heteroatoms. The van der Waals surface area contributed by atoms with E-state index in [2.05, 4.69) is 0 Å². The number of benzene rings is 3. The van der Waals surface area contributed by atoms with Gasteiger partial charge in [0.2, 0.25) is 0 Å². The Hall–Kier alpha value is -3.86. The largest absolute Gasteiger partial charge is 0.330 e. The second-order valence-electron chi connectivity index (χ2n) is 7.80. The first-order valence-electron chi connectivity index (χ1n) is 10.2. The number of rotatable bonds is 3. The van der Waals surface area contributed by atoms with Gasteiger partial charge in [-0.2, -0.15) is 0 Å². The Bertz CT molecular complexity index is 1140. The summed E-state index contributed by atoms with van der Waals surface area (Å²) in [6.07, 6.45) is 3.35. The van der Waals surface area contributed by atoms with Gasteiger partial charge in [-0.15, -0.1) is 0 Å². The lowest BCUT2D eigenvalue weighted by Crippen LogP contribution is -2.41. The number of ketones is 1. The Kier molecular flexibility index (Phi) is 6.08. The Morgan fingerprint density at radius 2 is 1.19 bits per heavy atom. The highest BCUT2D eigenvalue weighted by atomic mass is 19.1. The fourth-order valence-electron chi connectivity index (χ4n) is 3.58. The van der Waals surface area contributed by atoms with E-state index in [1.807, 2.05) is 19.1 Å². The molecule has 0 atom stereocenters. The summed E-state index contributed by atoms with van der Waals surface area (Å²) in [6.45, 7) is 2.23. The molecule has 0 N–H and O–H groups in total. The van der Waals surface area contributed by atoms with Crippen LogP contribution in [0.4, 0.5) is 8.78 Å². The third-order valence-electron chi connectivity index (χ3n) is 5.31. The van der Waals surface area contributed by atoms with Gasteiger partial charge in [0.05, 0.1) is 13.1 Å². The van der Waals surface area contributed by atoms with Crippen molar-refractivity contribution in [1.82, 2.24) is 4.90 Å². The van der Waals surface area contributed by atoms with Crippen LogP contribution in [0.3, 0.4) is 0 Å². The van der Waals surface area contributed by atoms with Crippen LogP contribution in [0.2, 0.25) is 0 Å². The molecular formula is C27H21F2NO2. The quantitative estimate of drug-likeness (QED) is 0.518. The number of carbonyl (C=O) groups excluding carboxylic acids is 2. The molecule has 3 aromatic rings. The molecule has 1 aliphatic rings. The van der Waals surface area contributed by atoms with Gasteiger partial charge in [0.25, 0.3) is 5.91 Å². The zero-order chi connectivity index (χ0) is 22.7. The van der Waals surface area contributed by atoms with Gasteiger partial charge in [-0.25, -0.2) is 8.78 Å². The molecule has 0 spiro atoms. The maximum Gasteiger partial charge on any atom is 0.254 e. The van der Waals surface area contributed by atoms with Crippen LogP contribution in [0.15, 0.2) is 83.9 Å².